The normalized spacial score (nSPS) is 32.0. The van der Waals surface area contributed by atoms with Crippen molar-refractivity contribution in [3.8, 4) is 5.88 Å². The number of H-pyrrole nitrogens is 1. The first-order valence-electron chi connectivity index (χ1n) is 6.64. The van der Waals surface area contributed by atoms with Gasteiger partial charge in [-0.1, -0.05) is 18.2 Å². The third kappa shape index (κ3) is 2.53. The number of aromatic nitrogens is 1. The molecule has 0 aliphatic carbocycles. The second-order valence-corrected chi connectivity index (χ2v) is 5.07. The van der Waals surface area contributed by atoms with E-state index in [4.69, 9.17) is 14.6 Å². The zero-order chi connectivity index (χ0) is 15.9. The Morgan fingerprint density at radius 2 is 1.86 bits per heavy atom. The van der Waals surface area contributed by atoms with Gasteiger partial charge >= 0.3 is 5.97 Å². The monoisotopic (exact) mass is 309 g/mol. The molecule has 1 aromatic carbocycles. The first-order chi connectivity index (χ1) is 10.5. The van der Waals surface area contributed by atoms with Crippen LogP contribution >= 0.6 is 0 Å². The number of nitrogens with one attached hydrogen (secondary N) is 1. The number of benzene rings is 1. The van der Waals surface area contributed by atoms with Gasteiger partial charge in [0.2, 0.25) is 6.29 Å². The number of aromatic amines is 1. The minimum Gasteiger partial charge on any atom is -0.479 e. The number of aliphatic hydroxyl groups is 3. The van der Waals surface area contributed by atoms with Crippen molar-refractivity contribution < 1.29 is 34.7 Å². The molecule has 1 aliphatic heterocycles. The number of fused-ring (bicyclic) bond motifs is 1. The maximum absolute atomic E-state index is 11.0. The molecule has 3 rings (SSSR count). The van der Waals surface area contributed by atoms with E-state index in [1.807, 2.05) is 24.3 Å². The van der Waals surface area contributed by atoms with Crippen molar-refractivity contribution in [2.45, 2.75) is 30.7 Å². The first kappa shape index (κ1) is 14.8. The summed E-state index contributed by atoms with van der Waals surface area (Å²) in [7, 11) is 0. The van der Waals surface area contributed by atoms with E-state index in [1.54, 1.807) is 6.07 Å². The van der Waals surface area contributed by atoms with E-state index in [0.29, 0.717) is 0 Å². The molecule has 5 atom stereocenters. The molecule has 22 heavy (non-hydrogen) atoms. The van der Waals surface area contributed by atoms with E-state index < -0.39 is 36.7 Å². The molecule has 118 valence electrons. The SMILES string of the molecule is O=C(O)[C@H]1OC(Oc2cc3ccccc3[nH]2)[C@H](O)[C@@H](O)[C@@H]1O. The second-order valence-electron chi connectivity index (χ2n) is 5.07. The molecule has 0 spiro atoms. The highest BCUT2D eigenvalue weighted by Crippen LogP contribution is 2.26. The van der Waals surface area contributed by atoms with Crippen LogP contribution in [-0.2, 0) is 9.53 Å². The Hall–Kier alpha value is -2.13. The molecule has 1 aliphatic rings. The van der Waals surface area contributed by atoms with Crippen molar-refractivity contribution in [1.29, 1.82) is 0 Å². The van der Waals surface area contributed by atoms with Crippen LogP contribution < -0.4 is 4.74 Å². The molecule has 0 radical (unpaired) electrons. The molecule has 2 heterocycles. The quantitative estimate of drug-likeness (QED) is 0.513. The van der Waals surface area contributed by atoms with Gasteiger partial charge in [0.15, 0.2) is 12.0 Å². The molecular weight excluding hydrogens is 294 g/mol. The topological polar surface area (TPSA) is 132 Å². The van der Waals surface area contributed by atoms with Crippen LogP contribution in [0.1, 0.15) is 0 Å². The average Bonchev–Trinajstić information content (AvgIpc) is 2.89. The van der Waals surface area contributed by atoms with Crippen molar-refractivity contribution in [1.82, 2.24) is 4.98 Å². The lowest BCUT2D eigenvalue weighted by molar-refractivity contribution is -0.271. The maximum atomic E-state index is 11.0. The summed E-state index contributed by atoms with van der Waals surface area (Å²) in [6, 6.07) is 8.98. The van der Waals surface area contributed by atoms with Crippen molar-refractivity contribution >= 4 is 16.9 Å². The number of rotatable bonds is 3. The molecule has 8 nitrogen and oxygen atoms in total. The molecular formula is C14H15NO7. The molecule has 0 bridgehead atoms. The fourth-order valence-corrected chi connectivity index (χ4v) is 2.38. The Kier molecular flexibility index (Phi) is 3.75. The van der Waals surface area contributed by atoms with Crippen LogP contribution in [0.4, 0.5) is 0 Å². The van der Waals surface area contributed by atoms with Crippen molar-refractivity contribution in [2.75, 3.05) is 0 Å². The van der Waals surface area contributed by atoms with E-state index in [0.717, 1.165) is 10.9 Å². The Morgan fingerprint density at radius 1 is 1.14 bits per heavy atom. The molecule has 1 unspecified atom stereocenters. The second kappa shape index (κ2) is 5.58. The lowest BCUT2D eigenvalue weighted by Gasteiger charge is -2.38. The van der Waals surface area contributed by atoms with Gasteiger partial charge in [0, 0.05) is 17.0 Å². The largest absolute Gasteiger partial charge is 0.479 e. The number of carbonyl (C=O) groups is 1. The molecule has 0 saturated carbocycles. The maximum Gasteiger partial charge on any atom is 0.335 e. The molecule has 2 aromatic rings. The van der Waals surface area contributed by atoms with Crippen LogP contribution in [0.3, 0.4) is 0 Å². The van der Waals surface area contributed by atoms with E-state index in [-0.39, 0.29) is 5.88 Å². The van der Waals surface area contributed by atoms with Crippen LogP contribution in [0, 0.1) is 0 Å². The van der Waals surface area contributed by atoms with Crippen LogP contribution in [0.2, 0.25) is 0 Å². The third-order valence-corrected chi connectivity index (χ3v) is 3.56. The first-order valence-corrected chi connectivity index (χ1v) is 6.64. The Morgan fingerprint density at radius 3 is 2.55 bits per heavy atom. The van der Waals surface area contributed by atoms with Gasteiger partial charge in [0.1, 0.15) is 18.3 Å². The van der Waals surface area contributed by atoms with Gasteiger partial charge in [-0.05, 0) is 6.07 Å². The van der Waals surface area contributed by atoms with Gasteiger partial charge in [-0.2, -0.15) is 0 Å². The summed E-state index contributed by atoms with van der Waals surface area (Å²) in [5.41, 5.74) is 0.790. The predicted octanol–water partition coefficient (Wildman–Crippen LogP) is -0.561. The minimum absolute atomic E-state index is 0.248. The van der Waals surface area contributed by atoms with Crippen LogP contribution in [0.5, 0.6) is 5.88 Å². The van der Waals surface area contributed by atoms with E-state index >= 15 is 0 Å². The number of carboxylic acid groups (broad SMARTS) is 1. The van der Waals surface area contributed by atoms with Crippen LogP contribution in [0.25, 0.3) is 10.9 Å². The summed E-state index contributed by atoms with van der Waals surface area (Å²) in [5.74, 6) is -1.21. The summed E-state index contributed by atoms with van der Waals surface area (Å²) in [4.78, 5) is 13.9. The summed E-state index contributed by atoms with van der Waals surface area (Å²) in [6.45, 7) is 0. The zero-order valence-electron chi connectivity index (χ0n) is 11.3. The number of hydrogen-bond donors (Lipinski definition) is 5. The number of hydrogen-bond acceptors (Lipinski definition) is 6. The van der Waals surface area contributed by atoms with E-state index in [9.17, 15) is 20.1 Å². The lowest BCUT2D eigenvalue weighted by atomic mass is 9.99. The van der Waals surface area contributed by atoms with Gasteiger partial charge in [-0.3, -0.25) is 0 Å². The van der Waals surface area contributed by atoms with Gasteiger partial charge in [0.05, 0.1) is 0 Å². The molecule has 5 N–H and O–H groups in total. The zero-order valence-corrected chi connectivity index (χ0v) is 11.3. The Balaban J connectivity index is 1.82. The molecule has 1 fully saturated rings. The number of para-hydroxylation sites is 1. The highest BCUT2D eigenvalue weighted by Gasteiger charge is 2.48. The molecule has 8 heteroatoms. The van der Waals surface area contributed by atoms with Gasteiger partial charge in [-0.15, -0.1) is 0 Å². The summed E-state index contributed by atoms with van der Waals surface area (Å²) >= 11 is 0. The smallest absolute Gasteiger partial charge is 0.335 e. The predicted molar refractivity (Wildman–Crippen MR) is 73.2 cm³/mol. The highest BCUT2D eigenvalue weighted by molar-refractivity contribution is 5.81. The molecule has 1 saturated heterocycles. The Bertz CT molecular complexity index is 652. The number of aliphatic carboxylic acids is 1. The number of carboxylic acids is 1. The van der Waals surface area contributed by atoms with Gasteiger partial charge in [-0.25, -0.2) is 4.79 Å². The van der Waals surface area contributed by atoms with E-state index in [2.05, 4.69) is 4.98 Å². The third-order valence-electron chi connectivity index (χ3n) is 3.56. The van der Waals surface area contributed by atoms with Crippen LogP contribution in [0.15, 0.2) is 30.3 Å². The van der Waals surface area contributed by atoms with Crippen LogP contribution in [-0.4, -0.2) is 62.1 Å². The molecule has 1 aromatic heterocycles. The van der Waals surface area contributed by atoms with Gasteiger partial charge < -0.3 is 34.9 Å². The van der Waals surface area contributed by atoms with Crippen molar-refractivity contribution in [3.05, 3.63) is 30.3 Å². The minimum atomic E-state index is -1.74. The average molecular weight is 309 g/mol. The van der Waals surface area contributed by atoms with Crippen molar-refractivity contribution in [2.24, 2.45) is 0 Å². The molecule has 0 amide bonds. The van der Waals surface area contributed by atoms with E-state index in [1.165, 1.54) is 0 Å². The fourth-order valence-electron chi connectivity index (χ4n) is 2.38. The summed E-state index contributed by atoms with van der Waals surface area (Å²) in [5, 5.41) is 39.0. The fraction of sp³-hybridized carbons (Fsp3) is 0.357. The van der Waals surface area contributed by atoms with Gasteiger partial charge in [0.25, 0.3) is 0 Å². The lowest BCUT2D eigenvalue weighted by Crippen LogP contribution is -2.61. The van der Waals surface area contributed by atoms with Crippen molar-refractivity contribution in [3.63, 3.8) is 0 Å². The standard InChI is InChI=1S/C14H15NO7/c16-9-10(17)12(13(19)20)22-14(11(9)18)21-8-5-6-3-1-2-4-7(6)15-8/h1-5,9-12,14-18H,(H,19,20)/t9-,10-,11+,12-,14?/m0/s1. The summed E-state index contributed by atoms with van der Waals surface area (Å²) < 4.78 is 10.4. The number of ether oxygens (including phenoxy) is 2. The Labute approximate surface area is 124 Å². The summed E-state index contributed by atoms with van der Waals surface area (Å²) in [6.07, 6.45) is -8.13. The number of aliphatic hydroxyl groups excluding tert-OH is 3. The highest BCUT2D eigenvalue weighted by atomic mass is 16.7.